The average Bonchev–Trinajstić information content (AvgIpc) is 2.32. The summed E-state index contributed by atoms with van der Waals surface area (Å²) in [6.07, 6.45) is 2.86. The van der Waals surface area contributed by atoms with Crippen molar-refractivity contribution in [2.75, 3.05) is 6.54 Å². The van der Waals surface area contributed by atoms with Crippen molar-refractivity contribution in [3.63, 3.8) is 0 Å². The molecule has 3 heteroatoms. The number of aryl methyl sites for hydroxylation is 2. The molecular formula is C15H21NO2. The smallest absolute Gasteiger partial charge is 0.220 e. The second-order valence-electron chi connectivity index (χ2n) is 5.22. The first kappa shape index (κ1) is 13.1. The SMILES string of the molecule is Cc1ccccc1CCC(=O)NCC1CC(O)C1. The van der Waals surface area contributed by atoms with Crippen molar-refractivity contribution < 1.29 is 9.90 Å². The highest BCUT2D eigenvalue weighted by Gasteiger charge is 2.26. The lowest BCUT2D eigenvalue weighted by atomic mass is 9.82. The molecular weight excluding hydrogens is 226 g/mol. The fraction of sp³-hybridized carbons (Fsp3) is 0.533. The van der Waals surface area contributed by atoms with Crippen molar-refractivity contribution in [1.29, 1.82) is 0 Å². The fourth-order valence-electron chi connectivity index (χ4n) is 2.35. The number of carbonyl (C=O) groups is 1. The van der Waals surface area contributed by atoms with Gasteiger partial charge in [-0.25, -0.2) is 0 Å². The molecule has 0 bridgehead atoms. The van der Waals surface area contributed by atoms with Gasteiger partial charge in [-0.3, -0.25) is 4.79 Å². The Morgan fingerprint density at radius 2 is 2.11 bits per heavy atom. The van der Waals surface area contributed by atoms with Crippen LogP contribution >= 0.6 is 0 Å². The minimum Gasteiger partial charge on any atom is -0.393 e. The summed E-state index contributed by atoms with van der Waals surface area (Å²) in [4.78, 5) is 11.7. The molecule has 0 unspecified atom stereocenters. The molecule has 0 atom stereocenters. The number of benzene rings is 1. The number of hydrogen-bond acceptors (Lipinski definition) is 2. The molecule has 1 amide bonds. The summed E-state index contributed by atoms with van der Waals surface area (Å²) < 4.78 is 0. The highest BCUT2D eigenvalue weighted by Crippen LogP contribution is 2.26. The molecule has 0 aromatic heterocycles. The van der Waals surface area contributed by atoms with E-state index in [1.807, 2.05) is 12.1 Å². The van der Waals surface area contributed by atoms with E-state index in [0.717, 1.165) is 19.3 Å². The van der Waals surface area contributed by atoms with Crippen LogP contribution in [0.3, 0.4) is 0 Å². The molecule has 1 aliphatic carbocycles. The summed E-state index contributed by atoms with van der Waals surface area (Å²) in [6.45, 7) is 2.78. The zero-order valence-electron chi connectivity index (χ0n) is 10.9. The Hall–Kier alpha value is -1.35. The average molecular weight is 247 g/mol. The van der Waals surface area contributed by atoms with E-state index < -0.39 is 0 Å². The van der Waals surface area contributed by atoms with Gasteiger partial charge in [-0.2, -0.15) is 0 Å². The van der Waals surface area contributed by atoms with Crippen LogP contribution in [0.2, 0.25) is 0 Å². The lowest BCUT2D eigenvalue weighted by molar-refractivity contribution is -0.121. The second kappa shape index (κ2) is 6.01. The number of aliphatic hydroxyl groups is 1. The summed E-state index contributed by atoms with van der Waals surface area (Å²) in [6, 6.07) is 8.17. The first-order chi connectivity index (χ1) is 8.65. The van der Waals surface area contributed by atoms with Gasteiger partial charge in [0, 0.05) is 13.0 Å². The third kappa shape index (κ3) is 3.57. The maximum Gasteiger partial charge on any atom is 0.220 e. The van der Waals surface area contributed by atoms with E-state index in [4.69, 9.17) is 5.11 Å². The molecule has 1 fully saturated rings. The van der Waals surface area contributed by atoms with Gasteiger partial charge in [-0.1, -0.05) is 24.3 Å². The lowest BCUT2D eigenvalue weighted by Crippen LogP contribution is -2.38. The molecule has 2 rings (SSSR count). The lowest BCUT2D eigenvalue weighted by Gasteiger charge is -2.31. The topological polar surface area (TPSA) is 49.3 Å². The van der Waals surface area contributed by atoms with Crippen LogP contribution in [0.25, 0.3) is 0 Å². The molecule has 18 heavy (non-hydrogen) atoms. The van der Waals surface area contributed by atoms with E-state index >= 15 is 0 Å². The third-order valence-corrected chi connectivity index (χ3v) is 3.68. The van der Waals surface area contributed by atoms with E-state index in [-0.39, 0.29) is 12.0 Å². The van der Waals surface area contributed by atoms with Gasteiger partial charge in [0.15, 0.2) is 0 Å². The Labute approximate surface area is 108 Å². The molecule has 1 aromatic carbocycles. The zero-order valence-corrected chi connectivity index (χ0v) is 10.9. The molecule has 0 saturated heterocycles. The minimum absolute atomic E-state index is 0.111. The fourth-order valence-corrected chi connectivity index (χ4v) is 2.35. The van der Waals surface area contributed by atoms with Gasteiger partial charge in [0.25, 0.3) is 0 Å². The van der Waals surface area contributed by atoms with Crippen molar-refractivity contribution in [3.05, 3.63) is 35.4 Å². The van der Waals surface area contributed by atoms with Crippen LogP contribution in [0.1, 0.15) is 30.4 Å². The van der Waals surface area contributed by atoms with Crippen LogP contribution in [0.4, 0.5) is 0 Å². The van der Waals surface area contributed by atoms with E-state index in [1.54, 1.807) is 0 Å². The normalized spacial score (nSPS) is 22.3. The molecule has 3 nitrogen and oxygen atoms in total. The van der Waals surface area contributed by atoms with Gasteiger partial charge < -0.3 is 10.4 Å². The van der Waals surface area contributed by atoms with E-state index in [0.29, 0.717) is 18.9 Å². The minimum atomic E-state index is -0.140. The summed E-state index contributed by atoms with van der Waals surface area (Å²) >= 11 is 0. The van der Waals surface area contributed by atoms with Gasteiger partial charge in [0.1, 0.15) is 0 Å². The number of hydrogen-bond donors (Lipinski definition) is 2. The molecule has 0 spiro atoms. The summed E-state index contributed by atoms with van der Waals surface area (Å²) in [7, 11) is 0. The predicted octanol–water partition coefficient (Wildman–Crippen LogP) is 1.81. The van der Waals surface area contributed by atoms with Crippen LogP contribution in [-0.2, 0) is 11.2 Å². The summed E-state index contributed by atoms with van der Waals surface area (Å²) in [5, 5.41) is 12.1. The summed E-state index contributed by atoms with van der Waals surface area (Å²) in [5.41, 5.74) is 2.49. The predicted molar refractivity (Wildman–Crippen MR) is 71.2 cm³/mol. The second-order valence-corrected chi connectivity index (χ2v) is 5.22. The number of aliphatic hydroxyl groups excluding tert-OH is 1. The van der Waals surface area contributed by atoms with Crippen LogP contribution in [0, 0.1) is 12.8 Å². The van der Waals surface area contributed by atoms with Gasteiger partial charge >= 0.3 is 0 Å². The number of carbonyl (C=O) groups excluding carboxylic acids is 1. The first-order valence-corrected chi connectivity index (χ1v) is 6.64. The van der Waals surface area contributed by atoms with Crippen LogP contribution < -0.4 is 5.32 Å². The Kier molecular flexibility index (Phi) is 4.37. The third-order valence-electron chi connectivity index (χ3n) is 3.68. The maximum absolute atomic E-state index is 11.7. The van der Waals surface area contributed by atoms with Crippen molar-refractivity contribution in [2.45, 2.75) is 38.7 Å². The monoisotopic (exact) mass is 247 g/mol. The quantitative estimate of drug-likeness (QED) is 0.833. The molecule has 1 aliphatic rings. The van der Waals surface area contributed by atoms with Crippen LogP contribution in [0.5, 0.6) is 0 Å². The standard InChI is InChI=1S/C15H21NO2/c1-11-4-2-3-5-13(11)6-7-15(18)16-10-12-8-14(17)9-12/h2-5,12,14,17H,6-10H2,1H3,(H,16,18). The van der Waals surface area contributed by atoms with Crippen molar-refractivity contribution >= 4 is 5.91 Å². The molecule has 1 saturated carbocycles. The molecule has 98 valence electrons. The highest BCUT2D eigenvalue weighted by atomic mass is 16.3. The van der Waals surface area contributed by atoms with Gasteiger partial charge in [0.05, 0.1) is 6.10 Å². The Morgan fingerprint density at radius 3 is 2.78 bits per heavy atom. The van der Waals surface area contributed by atoms with Gasteiger partial charge in [0.2, 0.25) is 5.91 Å². The molecule has 2 N–H and O–H groups in total. The van der Waals surface area contributed by atoms with Crippen molar-refractivity contribution in [3.8, 4) is 0 Å². The zero-order chi connectivity index (χ0) is 13.0. The van der Waals surface area contributed by atoms with Gasteiger partial charge in [-0.15, -0.1) is 0 Å². The maximum atomic E-state index is 11.7. The van der Waals surface area contributed by atoms with E-state index in [9.17, 15) is 4.79 Å². The number of nitrogens with one attached hydrogen (secondary N) is 1. The Bertz CT molecular complexity index is 411. The Balaban J connectivity index is 1.67. The van der Waals surface area contributed by atoms with Gasteiger partial charge in [-0.05, 0) is 43.2 Å². The summed E-state index contributed by atoms with van der Waals surface area (Å²) in [5.74, 6) is 0.585. The highest BCUT2D eigenvalue weighted by molar-refractivity contribution is 5.76. The number of amides is 1. The first-order valence-electron chi connectivity index (χ1n) is 6.64. The van der Waals surface area contributed by atoms with Crippen molar-refractivity contribution in [2.24, 2.45) is 5.92 Å². The van der Waals surface area contributed by atoms with E-state index in [1.165, 1.54) is 11.1 Å². The number of rotatable bonds is 5. The van der Waals surface area contributed by atoms with Crippen molar-refractivity contribution in [1.82, 2.24) is 5.32 Å². The van der Waals surface area contributed by atoms with Crippen LogP contribution in [-0.4, -0.2) is 23.7 Å². The molecule has 1 aromatic rings. The van der Waals surface area contributed by atoms with Crippen LogP contribution in [0.15, 0.2) is 24.3 Å². The van der Waals surface area contributed by atoms with E-state index in [2.05, 4.69) is 24.4 Å². The molecule has 0 radical (unpaired) electrons. The molecule has 0 aliphatic heterocycles. The molecule has 0 heterocycles. The largest absolute Gasteiger partial charge is 0.393 e. The Morgan fingerprint density at radius 1 is 1.39 bits per heavy atom.